The molecule has 2 aromatic carbocycles. The predicted octanol–water partition coefficient (Wildman–Crippen LogP) is 11.1. The minimum atomic E-state index is 0. The summed E-state index contributed by atoms with van der Waals surface area (Å²) in [4.78, 5) is 0. The van der Waals surface area contributed by atoms with Crippen molar-refractivity contribution in [3.05, 3.63) is 107 Å². The Morgan fingerprint density at radius 2 is 0.902 bits per heavy atom. The van der Waals surface area contributed by atoms with Gasteiger partial charge in [-0.25, -0.2) is 23.3 Å². The zero-order chi connectivity index (χ0) is 30.0. The summed E-state index contributed by atoms with van der Waals surface area (Å²) in [5, 5.41) is 18.0. The predicted molar refractivity (Wildman–Crippen MR) is 174 cm³/mol. The molecule has 4 rings (SSSR count). The van der Waals surface area contributed by atoms with Gasteiger partial charge in [0.25, 0.3) is 0 Å². The molecule has 0 unspecified atom stereocenters. The number of phenolic OH excluding ortho intramolecular Hbond substituents is 2. The second-order valence-corrected chi connectivity index (χ2v) is 12.4. The number of unbranched alkanes of at least 4 members (excludes halogenated alkanes) is 2. The third kappa shape index (κ3) is 18.1. The molecule has 222 valence electrons. The van der Waals surface area contributed by atoms with Crippen LogP contribution in [0.3, 0.4) is 0 Å². The Balaban J connectivity index is 0.000000518. The van der Waals surface area contributed by atoms with Crippen molar-refractivity contribution in [3.8, 4) is 11.5 Å². The Labute approximate surface area is 271 Å². The van der Waals surface area contributed by atoms with E-state index in [1.165, 1.54) is 60.8 Å². The van der Waals surface area contributed by atoms with Gasteiger partial charge in [-0.2, -0.15) is 12.2 Å². The van der Waals surface area contributed by atoms with Crippen LogP contribution in [0.15, 0.2) is 84.0 Å². The summed E-state index contributed by atoms with van der Waals surface area (Å²) in [7, 11) is 0. The molecule has 41 heavy (non-hydrogen) atoms. The topological polar surface area (TPSA) is 40.5 Å². The number of aromatic hydroxyl groups is 2. The van der Waals surface area contributed by atoms with Gasteiger partial charge in [0, 0.05) is 0 Å². The molecule has 0 aliphatic heterocycles. The fourth-order valence-electron chi connectivity index (χ4n) is 3.90. The van der Waals surface area contributed by atoms with Gasteiger partial charge >= 0.3 is 26.2 Å². The van der Waals surface area contributed by atoms with E-state index in [2.05, 4.69) is 91.8 Å². The number of phenols is 2. The van der Waals surface area contributed by atoms with Crippen LogP contribution in [-0.4, -0.2) is 10.2 Å². The van der Waals surface area contributed by atoms with Crippen molar-refractivity contribution in [1.29, 1.82) is 0 Å². The first-order chi connectivity index (χ1) is 18.9. The van der Waals surface area contributed by atoms with E-state index in [0.29, 0.717) is 11.5 Å². The molecule has 0 spiro atoms. The summed E-state index contributed by atoms with van der Waals surface area (Å²) < 4.78 is 0. The molecule has 3 heteroatoms. The maximum Gasteiger partial charge on any atom is 2.00 e. The monoisotopic (exact) mass is 632 g/mol. The van der Waals surface area contributed by atoms with E-state index in [0.717, 1.165) is 12.8 Å². The molecule has 2 nitrogen and oxygen atoms in total. The first kappa shape index (κ1) is 38.9. The van der Waals surface area contributed by atoms with Gasteiger partial charge in [0.2, 0.25) is 0 Å². The molecule has 2 aliphatic rings. The van der Waals surface area contributed by atoms with Crippen molar-refractivity contribution in [1.82, 2.24) is 0 Å². The van der Waals surface area contributed by atoms with Crippen molar-refractivity contribution < 1.29 is 36.4 Å². The molecule has 0 radical (unpaired) electrons. The molecule has 0 aromatic heterocycles. The van der Waals surface area contributed by atoms with E-state index in [1.54, 1.807) is 24.3 Å². The van der Waals surface area contributed by atoms with Crippen LogP contribution in [0, 0.1) is 12.2 Å². The Kier molecular flexibility index (Phi) is 19.6. The molecule has 0 bridgehead atoms. The van der Waals surface area contributed by atoms with Crippen LogP contribution < -0.4 is 0 Å². The third-order valence-corrected chi connectivity index (χ3v) is 6.60. The molecule has 2 aliphatic carbocycles. The van der Waals surface area contributed by atoms with Gasteiger partial charge in [0.15, 0.2) is 0 Å². The van der Waals surface area contributed by atoms with Crippen molar-refractivity contribution in [2.45, 2.75) is 118 Å². The Morgan fingerprint density at radius 3 is 1.12 bits per heavy atom. The van der Waals surface area contributed by atoms with Crippen LogP contribution in [0.25, 0.3) is 0 Å². The van der Waals surface area contributed by atoms with Gasteiger partial charge in [0.05, 0.1) is 0 Å². The number of allylic oxidation sites excluding steroid dienone is 8. The molecule has 0 saturated carbocycles. The summed E-state index contributed by atoms with van der Waals surface area (Å²) in [6.45, 7) is 17.4. The van der Waals surface area contributed by atoms with Gasteiger partial charge in [0.1, 0.15) is 11.5 Å². The smallest absolute Gasteiger partial charge is 0.508 e. The van der Waals surface area contributed by atoms with E-state index in [4.69, 9.17) is 10.2 Å². The zero-order valence-electron chi connectivity index (χ0n) is 27.0. The molecular weight excluding hydrogens is 580 g/mol. The minimum Gasteiger partial charge on any atom is -0.508 e. The summed E-state index contributed by atoms with van der Waals surface area (Å²) >= 11 is 0. The standard InChI is InChI=1S/2C10H14O.2C9H13.Zr/c2*1-10(2,3)8-4-6-9(11)7-5-8;2*1-2-3-6-9-7-4-5-8-9;/h2*4-7,11H,1-3H3;2*4,7H,2-3,5-6H2,1H3;/q;;2*-1;+2. The van der Waals surface area contributed by atoms with Gasteiger partial charge in [-0.3, -0.25) is 12.2 Å². The number of hydrogen-bond donors (Lipinski definition) is 2. The molecular formula is C38H54O2Zr. The number of benzene rings is 2. The Bertz CT molecular complexity index is 984. The van der Waals surface area contributed by atoms with Gasteiger partial charge in [-0.1, -0.05) is 118 Å². The second-order valence-electron chi connectivity index (χ2n) is 12.4. The molecule has 2 aromatic rings. The Morgan fingerprint density at radius 1 is 0.585 bits per heavy atom. The summed E-state index contributed by atoms with van der Waals surface area (Å²) in [6, 6.07) is 14.7. The average molecular weight is 634 g/mol. The largest absolute Gasteiger partial charge is 2.00 e. The molecule has 0 atom stereocenters. The second kappa shape index (κ2) is 20.7. The van der Waals surface area contributed by atoms with Crippen molar-refractivity contribution in [2.75, 3.05) is 0 Å². The minimum absolute atomic E-state index is 0. The van der Waals surface area contributed by atoms with Crippen LogP contribution >= 0.6 is 0 Å². The third-order valence-electron chi connectivity index (χ3n) is 6.60. The Hall–Kier alpha value is -2.12. The molecule has 2 N–H and O–H groups in total. The first-order valence-electron chi connectivity index (χ1n) is 15.0. The maximum atomic E-state index is 9.02. The molecule has 0 fully saturated rings. The average Bonchev–Trinajstić information content (AvgIpc) is 3.61. The number of rotatable bonds is 6. The zero-order valence-corrected chi connectivity index (χ0v) is 29.4. The molecule has 0 heterocycles. The fourth-order valence-corrected chi connectivity index (χ4v) is 3.90. The van der Waals surface area contributed by atoms with Crippen LogP contribution in [0.2, 0.25) is 0 Å². The normalized spacial score (nSPS) is 13.4. The van der Waals surface area contributed by atoms with Crippen molar-refractivity contribution >= 4 is 0 Å². The fraction of sp³-hybridized carbons (Fsp3) is 0.474. The first-order valence-corrected chi connectivity index (χ1v) is 15.0. The van der Waals surface area contributed by atoms with E-state index in [-0.39, 0.29) is 37.0 Å². The molecule has 0 amide bonds. The van der Waals surface area contributed by atoms with Crippen LogP contribution in [-0.2, 0) is 37.0 Å². The van der Waals surface area contributed by atoms with E-state index in [9.17, 15) is 0 Å². The molecule has 0 saturated heterocycles. The number of hydrogen-bond acceptors (Lipinski definition) is 2. The van der Waals surface area contributed by atoms with E-state index < -0.39 is 0 Å². The van der Waals surface area contributed by atoms with Crippen LogP contribution in [0.4, 0.5) is 0 Å². The SMILES string of the molecule is CC(C)(C)c1ccc(O)cc1.CC(C)(C)c1ccc(O)cc1.CCCCC1=[C-]CC=C1.CCCCC1=[C-]CC=C1.[Zr+2]. The van der Waals surface area contributed by atoms with Gasteiger partial charge in [-0.05, 0) is 46.2 Å². The van der Waals surface area contributed by atoms with Gasteiger partial charge < -0.3 is 10.2 Å². The van der Waals surface area contributed by atoms with E-state index in [1.807, 2.05) is 24.3 Å². The van der Waals surface area contributed by atoms with Crippen molar-refractivity contribution in [3.63, 3.8) is 0 Å². The van der Waals surface area contributed by atoms with Gasteiger partial charge in [-0.15, -0.1) is 12.8 Å². The quantitative estimate of drug-likeness (QED) is 0.311. The van der Waals surface area contributed by atoms with Crippen LogP contribution in [0.5, 0.6) is 11.5 Å². The van der Waals surface area contributed by atoms with Crippen LogP contribution in [0.1, 0.15) is 118 Å². The maximum absolute atomic E-state index is 9.02. The van der Waals surface area contributed by atoms with Crippen molar-refractivity contribution in [2.24, 2.45) is 0 Å². The summed E-state index contributed by atoms with van der Waals surface area (Å²) in [5.41, 5.74) is 5.67. The summed E-state index contributed by atoms with van der Waals surface area (Å²) in [5.74, 6) is 0.663. The summed E-state index contributed by atoms with van der Waals surface area (Å²) in [6.07, 6.45) is 25.1. The van der Waals surface area contributed by atoms with E-state index >= 15 is 0 Å².